The average Bonchev–Trinajstić information content (AvgIpc) is 2.45. The van der Waals surface area contributed by atoms with Crippen molar-refractivity contribution in [2.24, 2.45) is 5.73 Å². The number of carboxylic acids is 1. The fourth-order valence-electron chi connectivity index (χ4n) is 3.22. The van der Waals surface area contributed by atoms with Crippen LogP contribution < -0.4 is 5.73 Å². The molecule has 0 unspecified atom stereocenters. The molecule has 0 heterocycles. The first-order valence-corrected chi connectivity index (χ1v) is 7.60. The van der Waals surface area contributed by atoms with Gasteiger partial charge in [0, 0.05) is 7.05 Å². The number of carbonyl (C=O) groups excluding carboxylic acids is 1. The number of hydrogen-bond donors (Lipinski definition) is 2. The molecule has 0 spiro atoms. The Labute approximate surface area is 121 Å². The van der Waals surface area contributed by atoms with Gasteiger partial charge in [-0.05, 0) is 25.7 Å². The number of carboxylic acid groups (broad SMARTS) is 1. The van der Waals surface area contributed by atoms with Gasteiger partial charge in [0.2, 0.25) is 5.91 Å². The average molecular weight is 284 g/mol. The fourth-order valence-corrected chi connectivity index (χ4v) is 3.22. The summed E-state index contributed by atoms with van der Waals surface area (Å²) in [5.41, 5.74) is 4.76. The highest BCUT2D eigenvalue weighted by molar-refractivity contribution is 5.87. The van der Waals surface area contributed by atoms with E-state index in [-0.39, 0.29) is 12.3 Å². The van der Waals surface area contributed by atoms with Crippen molar-refractivity contribution in [3.8, 4) is 0 Å². The van der Waals surface area contributed by atoms with Crippen molar-refractivity contribution in [1.29, 1.82) is 0 Å². The van der Waals surface area contributed by atoms with E-state index >= 15 is 0 Å². The van der Waals surface area contributed by atoms with Crippen molar-refractivity contribution in [1.82, 2.24) is 4.90 Å². The number of aliphatic carboxylic acids is 1. The van der Waals surface area contributed by atoms with E-state index in [9.17, 15) is 14.7 Å². The van der Waals surface area contributed by atoms with Crippen LogP contribution in [0.4, 0.5) is 0 Å². The molecule has 0 atom stereocenters. The fraction of sp³-hybridized carbons (Fsp3) is 0.867. The third kappa shape index (κ3) is 3.32. The molecule has 1 aliphatic rings. The van der Waals surface area contributed by atoms with Gasteiger partial charge in [0.1, 0.15) is 0 Å². The summed E-state index contributed by atoms with van der Waals surface area (Å²) in [6.07, 6.45) is 5.71. The Bertz CT molecular complexity index is 358. The summed E-state index contributed by atoms with van der Waals surface area (Å²) in [7, 11) is 1.73. The largest absolute Gasteiger partial charge is 0.481 e. The van der Waals surface area contributed by atoms with Crippen molar-refractivity contribution in [3.63, 3.8) is 0 Å². The molecule has 0 saturated heterocycles. The molecule has 0 radical (unpaired) electrons. The standard InChI is InChI=1S/C15H28N2O3/c1-4-15(16,5-2)13(20)17(3)14(11-12(18)19)9-7-6-8-10-14/h4-11,16H2,1-3H3,(H,18,19). The van der Waals surface area contributed by atoms with E-state index in [4.69, 9.17) is 5.73 Å². The van der Waals surface area contributed by atoms with Crippen LogP contribution in [-0.2, 0) is 9.59 Å². The lowest BCUT2D eigenvalue weighted by molar-refractivity contribution is -0.149. The molecular formula is C15H28N2O3. The highest BCUT2D eigenvalue weighted by Gasteiger charge is 2.44. The molecule has 5 nitrogen and oxygen atoms in total. The third-order valence-electron chi connectivity index (χ3n) is 4.97. The molecule has 0 aromatic heterocycles. The topological polar surface area (TPSA) is 83.6 Å². The van der Waals surface area contributed by atoms with Crippen molar-refractivity contribution in [2.45, 2.75) is 76.3 Å². The third-order valence-corrected chi connectivity index (χ3v) is 4.97. The number of likely N-dealkylation sites (N-methyl/N-ethyl adjacent to an activating group) is 1. The minimum atomic E-state index is -0.877. The molecule has 3 N–H and O–H groups in total. The van der Waals surface area contributed by atoms with Crippen LogP contribution in [0.15, 0.2) is 0 Å². The maximum Gasteiger partial charge on any atom is 0.305 e. The normalized spacial score (nSPS) is 18.6. The zero-order valence-corrected chi connectivity index (χ0v) is 12.9. The monoisotopic (exact) mass is 284 g/mol. The molecule has 1 saturated carbocycles. The predicted octanol–water partition coefficient (Wildman–Crippen LogP) is 2.14. The minimum absolute atomic E-state index is 0.0126. The molecule has 116 valence electrons. The summed E-state index contributed by atoms with van der Waals surface area (Å²) in [6, 6.07) is 0. The Morgan fingerprint density at radius 2 is 1.70 bits per heavy atom. The van der Waals surface area contributed by atoms with Crippen molar-refractivity contribution >= 4 is 11.9 Å². The number of nitrogens with zero attached hydrogens (tertiary/aromatic N) is 1. The van der Waals surface area contributed by atoms with E-state index in [2.05, 4.69) is 0 Å². The van der Waals surface area contributed by atoms with Crippen LogP contribution >= 0.6 is 0 Å². The molecule has 1 rings (SSSR count). The number of hydrogen-bond acceptors (Lipinski definition) is 3. The number of nitrogens with two attached hydrogens (primary N) is 1. The van der Waals surface area contributed by atoms with Crippen LogP contribution in [0.2, 0.25) is 0 Å². The van der Waals surface area contributed by atoms with Crippen LogP contribution in [0.25, 0.3) is 0 Å². The molecule has 20 heavy (non-hydrogen) atoms. The van der Waals surface area contributed by atoms with Crippen LogP contribution in [0, 0.1) is 0 Å². The van der Waals surface area contributed by atoms with Gasteiger partial charge < -0.3 is 15.7 Å². The molecule has 0 aromatic rings. The van der Waals surface area contributed by atoms with Gasteiger partial charge in [-0.15, -0.1) is 0 Å². The van der Waals surface area contributed by atoms with Crippen LogP contribution in [0.5, 0.6) is 0 Å². The number of carbonyl (C=O) groups is 2. The summed E-state index contributed by atoms with van der Waals surface area (Å²) in [5, 5.41) is 9.21. The first-order valence-electron chi connectivity index (χ1n) is 7.60. The molecule has 1 amide bonds. The lowest BCUT2D eigenvalue weighted by Gasteiger charge is -2.46. The van der Waals surface area contributed by atoms with E-state index < -0.39 is 17.0 Å². The second kappa shape index (κ2) is 6.57. The summed E-state index contributed by atoms with van der Waals surface area (Å²) in [5.74, 6) is -0.965. The minimum Gasteiger partial charge on any atom is -0.481 e. The van der Waals surface area contributed by atoms with Crippen LogP contribution in [0.1, 0.15) is 65.2 Å². The molecule has 0 aromatic carbocycles. The Kier molecular flexibility index (Phi) is 5.57. The zero-order chi connectivity index (χ0) is 15.4. The summed E-state index contributed by atoms with van der Waals surface area (Å²) in [6.45, 7) is 3.81. The summed E-state index contributed by atoms with van der Waals surface area (Å²) in [4.78, 5) is 25.6. The molecule has 5 heteroatoms. The van der Waals surface area contributed by atoms with Crippen molar-refractivity contribution in [2.75, 3.05) is 7.05 Å². The predicted molar refractivity (Wildman–Crippen MR) is 78.3 cm³/mol. The van der Waals surface area contributed by atoms with Gasteiger partial charge in [0.05, 0.1) is 17.5 Å². The van der Waals surface area contributed by atoms with Crippen molar-refractivity contribution in [3.05, 3.63) is 0 Å². The maximum atomic E-state index is 12.7. The summed E-state index contributed by atoms with van der Waals surface area (Å²) >= 11 is 0. The van der Waals surface area contributed by atoms with Crippen LogP contribution in [0.3, 0.4) is 0 Å². The highest BCUT2D eigenvalue weighted by atomic mass is 16.4. The van der Waals surface area contributed by atoms with Crippen molar-refractivity contribution < 1.29 is 14.7 Å². The van der Waals surface area contributed by atoms with E-state index in [0.717, 1.165) is 32.1 Å². The van der Waals surface area contributed by atoms with Gasteiger partial charge in [-0.1, -0.05) is 33.1 Å². The Morgan fingerprint density at radius 3 is 2.10 bits per heavy atom. The Morgan fingerprint density at radius 1 is 1.20 bits per heavy atom. The van der Waals surface area contributed by atoms with Gasteiger partial charge >= 0.3 is 5.97 Å². The lowest BCUT2D eigenvalue weighted by Crippen LogP contribution is -2.61. The highest BCUT2D eigenvalue weighted by Crippen LogP contribution is 2.37. The van der Waals surface area contributed by atoms with Crippen LogP contribution in [-0.4, -0.2) is 40.0 Å². The van der Waals surface area contributed by atoms with Gasteiger partial charge in [-0.3, -0.25) is 9.59 Å². The Hall–Kier alpha value is -1.10. The first kappa shape index (κ1) is 17.0. The SMILES string of the molecule is CCC(N)(CC)C(=O)N(C)C1(CC(=O)O)CCCCC1. The van der Waals surface area contributed by atoms with Gasteiger partial charge in [0.25, 0.3) is 0 Å². The molecule has 0 bridgehead atoms. The number of rotatable bonds is 6. The zero-order valence-electron chi connectivity index (χ0n) is 12.9. The molecule has 1 fully saturated rings. The molecular weight excluding hydrogens is 256 g/mol. The molecule has 1 aliphatic carbocycles. The van der Waals surface area contributed by atoms with Gasteiger partial charge in [-0.2, -0.15) is 0 Å². The van der Waals surface area contributed by atoms with Gasteiger partial charge in [-0.25, -0.2) is 0 Å². The second-order valence-electron chi connectivity index (χ2n) is 6.08. The molecule has 0 aliphatic heterocycles. The van der Waals surface area contributed by atoms with E-state index in [1.54, 1.807) is 11.9 Å². The Balaban J connectivity index is 3.01. The smallest absolute Gasteiger partial charge is 0.305 e. The first-order chi connectivity index (χ1) is 9.31. The summed E-state index contributed by atoms with van der Waals surface area (Å²) < 4.78 is 0. The second-order valence-corrected chi connectivity index (χ2v) is 6.08. The lowest BCUT2D eigenvalue weighted by atomic mass is 9.77. The van der Waals surface area contributed by atoms with E-state index in [0.29, 0.717) is 12.8 Å². The quantitative estimate of drug-likeness (QED) is 0.782. The van der Waals surface area contributed by atoms with E-state index in [1.165, 1.54) is 0 Å². The van der Waals surface area contributed by atoms with Gasteiger partial charge in [0.15, 0.2) is 0 Å². The number of amides is 1. The maximum absolute atomic E-state index is 12.7. The van der Waals surface area contributed by atoms with E-state index in [1.807, 2.05) is 13.8 Å².